The highest BCUT2D eigenvalue weighted by atomic mass is 16.5. The van der Waals surface area contributed by atoms with E-state index < -0.39 is 17.9 Å². The Balaban J connectivity index is 1.62. The number of carbonyl (C=O) groups is 3. The fourth-order valence-corrected chi connectivity index (χ4v) is 3.07. The van der Waals surface area contributed by atoms with Gasteiger partial charge in [-0.25, -0.2) is 4.79 Å². The van der Waals surface area contributed by atoms with E-state index in [4.69, 9.17) is 14.0 Å². The average Bonchev–Trinajstić information content (AvgIpc) is 3.30. The van der Waals surface area contributed by atoms with Crippen molar-refractivity contribution in [3.63, 3.8) is 0 Å². The van der Waals surface area contributed by atoms with Gasteiger partial charge in [-0.05, 0) is 23.8 Å². The smallest absolute Gasteiger partial charge is 0.337 e. The van der Waals surface area contributed by atoms with Gasteiger partial charge in [0.1, 0.15) is 30.4 Å². The lowest BCUT2D eigenvalue weighted by molar-refractivity contribution is -0.110. The summed E-state index contributed by atoms with van der Waals surface area (Å²) in [6, 6.07) is 15.1. The van der Waals surface area contributed by atoms with Crippen LogP contribution < -0.4 is 15.0 Å². The number of aldehydes is 1. The first-order valence-corrected chi connectivity index (χ1v) is 10.2. The molecule has 0 saturated heterocycles. The van der Waals surface area contributed by atoms with Crippen LogP contribution in [0.2, 0.25) is 0 Å². The van der Waals surface area contributed by atoms with E-state index in [1.165, 1.54) is 7.11 Å². The lowest BCUT2D eigenvalue weighted by Crippen LogP contribution is -2.40. The maximum Gasteiger partial charge on any atom is 0.337 e. The van der Waals surface area contributed by atoms with Crippen molar-refractivity contribution in [2.24, 2.45) is 0 Å². The normalized spacial score (nSPS) is 11.4. The number of hydrogen-bond donors (Lipinski definition) is 1. The third kappa shape index (κ3) is 6.19. The number of carbonyl (C=O) groups excluding carboxylic acids is 3. The summed E-state index contributed by atoms with van der Waals surface area (Å²) < 4.78 is 15.7. The number of anilines is 1. The van der Waals surface area contributed by atoms with Crippen LogP contribution in [0.15, 0.2) is 59.1 Å². The fourth-order valence-electron chi connectivity index (χ4n) is 3.07. The summed E-state index contributed by atoms with van der Waals surface area (Å²) in [5.41, 5.74) is 2.08. The number of amides is 1. The van der Waals surface area contributed by atoms with E-state index in [-0.39, 0.29) is 12.3 Å². The van der Waals surface area contributed by atoms with E-state index in [9.17, 15) is 14.4 Å². The van der Waals surface area contributed by atoms with Crippen LogP contribution in [0.25, 0.3) is 0 Å². The molecule has 1 amide bonds. The molecule has 1 N–H and O–H groups in total. The van der Waals surface area contributed by atoms with Crippen LogP contribution in [0.4, 0.5) is 5.69 Å². The predicted molar refractivity (Wildman–Crippen MR) is 121 cm³/mol. The molecule has 1 atom stereocenters. The van der Waals surface area contributed by atoms with E-state index >= 15 is 0 Å². The number of hydrogen-bond acceptors (Lipinski definition) is 8. The summed E-state index contributed by atoms with van der Waals surface area (Å²) in [5, 5.41) is 6.37. The SMILES string of the molecule is COC(=O)c1ccc(OC[C@@H](C=O)NC(=O)c2cc(Cc3ccccc3)on2)c(N(C)C)c1. The van der Waals surface area contributed by atoms with Gasteiger partial charge in [-0.15, -0.1) is 0 Å². The minimum atomic E-state index is -0.915. The van der Waals surface area contributed by atoms with Crippen LogP contribution in [0.5, 0.6) is 5.75 Å². The van der Waals surface area contributed by atoms with Crippen molar-refractivity contribution in [3.05, 3.63) is 77.2 Å². The Bertz CT molecular complexity index is 1110. The molecule has 0 fully saturated rings. The zero-order chi connectivity index (χ0) is 23.8. The number of methoxy groups -OCH3 is 1. The summed E-state index contributed by atoms with van der Waals surface area (Å²) in [4.78, 5) is 37.6. The van der Waals surface area contributed by atoms with Crippen molar-refractivity contribution in [2.75, 3.05) is 32.7 Å². The third-order valence-electron chi connectivity index (χ3n) is 4.77. The number of nitrogens with zero attached hydrogens (tertiary/aromatic N) is 2. The van der Waals surface area contributed by atoms with Gasteiger partial charge in [0, 0.05) is 26.6 Å². The van der Waals surface area contributed by atoms with Crippen molar-refractivity contribution < 1.29 is 28.4 Å². The van der Waals surface area contributed by atoms with E-state index in [2.05, 4.69) is 10.5 Å². The lowest BCUT2D eigenvalue weighted by atomic mass is 10.1. The molecule has 3 aromatic rings. The molecule has 0 aliphatic rings. The van der Waals surface area contributed by atoms with Gasteiger partial charge in [0.15, 0.2) is 5.69 Å². The van der Waals surface area contributed by atoms with E-state index in [0.717, 1.165) is 5.56 Å². The van der Waals surface area contributed by atoms with Crippen LogP contribution in [0.1, 0.15) is 32.2 Å². The predicted octanol–water partition coefficient (Wildman–Crippen LogP) is 2.49. The lowest BCUT2D eigenvalue weighted by Gasteiger charge is -2.20. The second-order valence-corrected chi connectivity index (χ2v) is 7.44. The van der Waals surface area contributed by atoms with Crippen LogP contribution in [0.3, 0.4) is 0 Å². The Morgan fingerprint density at radius 2 is 1.91 bits per heavy atom. The second kappa shape index (κ2) is 10.9. The summed E-state index contributed by atoms with van der Waals surface area (Å²) in [7, 11) is 4.89. The minimum absolute atomic E-state index is 0.0733. The molecule has 0 unspecified atom stereocenters. The Morgan fingerprint density at radius 3 is 2.58 bits per heavy atom. The largest absolute Gasteiger partial charge is 0.489 e. The quantitative estimate of drug-likeness (QED) is 0.370. The Labute approximate surface area is 191 Å². The van der Waals surface area contributed by atoms with Gasteiger partial charge in [-0.2, -0.15) is 0 Å². The number of ether oxygens (including phenoxy) is 2. The van der Waals surface area contributed by atoms with Crippen LogP contribution >= 0.6 is 0 Å². The van der Waals surface area contributed by atoms with Gasteiger partial charge >= 0.3 is 5.97 Å². The number of aromatic nitrogens is 1. The molecule has 9 nitrogen and oxygen atoms in total. The molecule has 0 spiro atoms. The Morgan fingerprint density at radius 1 is 1.15 bits per heavy atom. The Kier molecular flexibility index (Phi) is 7.80. The van der Waals surface area contributed by atoms with Crippen LogP contribution in [-0.4, -0.2) is 57.2 Å². The average molecular weight is 451 g/mol. The number of benzene rings is 2. The van der Waals surface area contributed by atoms with Crippen molar-refractivity contribution in [3.8, 4) is 5.75 Å². The Hall–Kier alpha value is -4.14. The second-order valence-electron chi connectivity index (χ2n) is 7.44. The molecule has 33 heavy (non-hydrogen) atoms. The summed E-state index contributed by atoms with van der Waals surface area (Å²) in [5.74, 6) is -0.0403. The first kappa shape index (κ1) is 23.5. The minimum Gasteiger partial charge on any atom is -0.489 e. The van der Waals surface area contributed by atoms with E-state index in [1.54, 1.807) is 43.3 Å². The summed E-state index contributed by atoms with van der Waals surface area (Å²) in [6.45, 7) is -0.109. The molecule has 0 aliphatic carbocycles. The van der Waals surface area contributed by atoms with Gasteiger partial charge in [-0.1, -0.05) is 35.5 Å². The highest BCUT2D eigenvalue weighted by Gasteiger charge is 2.19. The summed E-state index contributed by atoms with van der Waals surface area (Å²) in [6.07, 6.45) is 1.08. The molecule has 172 valence electrons. The molecule has 1 aromatic heterocycles. The van der Waals surface area contributed by atoms with Crippen molar-refractivity contribution in [1.29, 1.82) is 0 Å². The summed E-state index contributed by atoms with van der Waals surface area (Å²) >= 11 is 0. The van der Waals surface area contributed by atoms with E-state index in [1.807, 2.05) is 30.3 Å². The number of nitrogens with one attached hydrogen (secondary N) is 1. The number of rotatable bonds is 10. The van der Waals surface area contributed by atoms with Gasteiger partial charge in [0.05, 0.1) is 18.4 Å². The third-order valence-corrected chi connectivity index (χ3v) is 4.77. The maximum atomic E-state index is 12.5. The molecule has 2 aromatic carbocycles. The van der Waals surface area contributed by atoms with Crippen molar-refractivity contribution in [1.82, 2.24) is 10.5 Å². The van der Waals surface area contributed by atoms with Gasteiger partial charge in [0.25, 0.3) is 5.91 Å². The first-order chi connectivity index (χ1) is 15.9. The molecule has 0 radical (unpaired) electrons. The monoisotopic (exact) mass is 451 g/mol. The molecule has 1 heterocycles. The molecule has 3 rings (SSSR count). The fraction of sp³-hybridized carbons (Fsp3) is 0.250. The van der Waals surface area contributed by atoms with Gasteiger partial charge < -0.3 is 29.0 Å². The molecular weight excluding hydrogens is 426 g/mol. The van der Waals surface area contributed by atoms with Crippen molar-refractivity contribution in [2.45, 2.75) is 12.5 Å². The zero-order valence-electron chi connectivity index (χ0n) is 18.6. The standard InChI is InChI=1S/C24H25N3O6/c1-27(2)21-12-17(24(30)31-3)9-10-22(21)32-15-18(14-28)25-23(29)20-13-19(33-26-20)11-16-7-5-4-6-8-16/h4-10,12-14,18H,11,15H2,1-3H3,(H,25,29)/t18-/m1/s1. The zero-order valence-corrected chi connectivity index (χ0v) is 18.6. The molecule has 0 bridgehead atoms. The van der Waals surface area contributed by atoms with Crippen molar-refractivity contribution >= 4 is 23.9 Å². The van der Waals surface area contributed by atoms with Crippen LogP contribution in [-0.2, 0) is 16.0 Å². The van der Waals surface area contributed by atoms with Gasteiger partial charge in [-0.3, -0.25) is 4.79 Å². The number of esters is 1. The van der Waals surface area contributed by atoms with E-state index in [0.29, 0.717) is 35.5 Å². The van der Waals surface area contributed by atoms with Crippen LogP contribution in [0, 0.1) is 0 Å². The maximum absolute atomic E-state index is 12.5. The highest BCUT2D eigenvalue weighted by Crippen LogP contribution is 2.28. The first-order valence-electron chi connectivity index (χ1n) is 10.2. The molecule has 9 heteroatoms. The van der Waals surface area contributed by atoms with Gasteiger partial charge in [0.2, 0.25) is 0 Å². The highest BCUT2D eigenvalue weighted by molar-refractivity contribution is 5.94. The molecular formula is C24H25N3O6. The topological polar surface area (TPSA) is 111 Å². The molecule has 0 saturated carbocycles. The molecule has 0 aliphatic heterocycles.